The molecule has 2 aromatic carbocycles. The number of aromatic nitrogens is 2. The lowest BCUT2D eigenvalue weighted by molar-refractivity contribution is 0.396. The monoisotopic (exact) mass is 444 g/mol. The molecule has 0 saturated heterocycles. The number of aromatic amines is 1. The molecular formula is C25H24N4O2S. The normalized spacial score (nSPS) is 10.7. The molecule has 2 heterocycles. The van der Waals surface area contributed by atoms with Gasteiger partial charge < -0.3 is 19.9 Å². The van der Waals surface area contributed by atoms with Crippen LogP contribution in [0.15, 0.2) is 83.9 Å². The predicted molar refractivity (Wildman–Crippen MR) is 130 cm³/mol. The van der Waals surface area contributed by atoms with Crippen molar-refractivity contribution in [1.82, 2.24) is 20.2 Å². The number of methoxy groups -OCH3 is 1. The standard InChI is InChI=1S/C25H24N4O2S/c1-31-22-10-9-20-12-21(24(30)28-23(20)13-22)17-29(16-19-8-5-11-26-14-19)25(32)27-15-18-6-3-2-4-7-18/h2-14H,15-17H2,1H3,(H,27,32)(H,28,30). The molecule has 0 radical (unpaired) electrons. The summed E-state index contributed by atoms with van der Waals surface area (Å²) < 4.78 is 5.26. The third kappa shape index (κ3) is 5.31. The van der Waals surface area contributed by atoms with Gasteiger partial charge in [-0.05, 0) is 53.0 Å². The number of benzene rings is 2. The van der Waals surface area contributed by atoms with Crippen LogP contribution in [0.25, 0.3) is 10.9 Å². The Kier molecular flexibility index (Phi) is 6.77. The Morgan fingerprint density at radius 3 is 2.62 bits per heavy atom. The first-order valence-corrected chi connectivity index (χ1v) is 10.7. The van der Waals surface area contributed by atoms with E-state index in [0.717, 1.165) is 22.0 Å². The second-order valence-electron chi connectivity index (χ2n) is 7.44. The van der Waals surface area contributed by atoms with E-state index in [0.29, 0.717) is 36.1 Å². The van der Waals surface area contributed by atoms with Crippen molar-refractivity contribution in [2.75, 3.05) is 7.11 Å². The average Bonchev–Trinajstić information content (AvgIpc) is 2.83. The fourth-order valence-corrected chi connectivity index (χ4v) is 3.67. The minimum absolute atomic E-state index is 0.146. The van der Waals surface area contributed by atoms with Crippen LogP contribution < -0.4 is 15.6 Å². The molecule has 0 bridgehead atoms. The molecule has 0 unspecified atom stereocenters. The highest BCUT2D eigenvalue weighted by atomic mass is 32.1. The highest BCUT2D eigenvalue weighted by Gasteiger charge is 2.14. The van der Waals surface area contributed by atoms with Crippen molar-refractivity contribution in [3.05, 3.63) is 106 Å². The van der Waals surface area contributed by atoms with Gasteiger partial charge in [-0.1, -0.05) is 36.4 Å². The number of hydrogen-bond acceptors (Lipinski definition) is 4. The van der Waals surface area contributed by atoms with Gasteiger partial charge in [-0.2, -0.15) is 0 Å². The van der Waals surface area contributed by atoms with Crippen LogP contribution in [-0.2, 0) is 19.6 Å². The molecule has 0 atom stereocenters. The maximum atomic E-state index is 12.8. The quantitative estimate of drug-likeness (QED) is 0.420. The third-order valence-electron chi connectivity index (χ3n) is 5.16. The predicted octanol–water partition coefficient (Wildman–Crippen LogP) is 4.01. The van der Waals surface area contributed by atoms with Gasteiger partial charge in [0.2, 0.25) is 0 Å². The number of nitrogens with one attached hydrogen (secondary N) is 2. The van der Waals surface area contributed by atoms with Crippen LogP contribution in [0.4, 0.5) is 0 Å². The topological polar surface area (TPSA) is 70.2 Å². The van der Waals surface area contributed by atoms with E-state index in [2.05, 4.69) is 15.3 Å². The molecule has 2 N–H and O–H groups in total. The van der Waals surface area contributed by atoms with Crippen molar-refractivity contribution >= 4 is 28.2 Å². The Balaban J connectivity index is 1.58. The zero-order valence-electron chi connectivity index (χ0n) is 17.7. The van der Waals surface area contributed by atoms with Gasteiger partial charge in [-0.15, -0.1) is 0 Å². The van der Waals surface area contributed by atoms with Crippen molar-refractivity contribution in [1.29, 1.82) is 0 Å². The second-order valence-corrected chi connectivity index (χ2v) is 7.83. The van der Waals surface area contributed by atoms with Crippen molar-refractivity contribution in [2.45, 2.75) is 19.6 Å². The summed E-state index contributed by atoms with van der Waals surface area (Å²) in [5.41, 5.74) is 3.37. The molecule has 0 saturated carbocycles. The summed E-state index contributed by atoms with van der Waals surface area (Å²) >= 11 is 5.71. The molecule has 4 rings (SSSR count). The van der Waals surface area contributed by atoms with Crippen LogP contribution in [0.5, 0.6) is 5.75 Å². The maximum absolute atomic E-state index is 12.8. The van der Waals surface area contributed by atoms with E-state index in [1.54, 1.807) is 13.3 Å². The number of fused-ring (bicyclic) bond motifs is 1. The van der Waals surface area contributed by atoms with E-state index >= 15 is 0 Å². The number of ether oxygens (including phenoxy) is 1. The first-order chi connectivity index (χ1) is 15.6. The number of pyridine rings is 2. The Morgan fingerprint density at radius 1 is 1.06 bits per heavy atom. The van der Waals surface area contributed by atoms with Gasteiger partial charge in [0, 0.05) is 37.1 Å². The Morgan fingerprint density at radius 2 is 1.88 bits per heavy atom. The largest absolute Gasteiger partial charge is 0.497 e. The highest BCUT2D eigenvalue weighted by molar-refractivity contribution is 7.80. The van der Waals surface area contributed by atoms with Gasteiger partial charge in [0.05, 0.1) is 19.2 Å². The molecule has 0 amide bonds. The van der Waals surface area contributed by atoms with E-state index in [1.165, 1.54) is 0 Å². The van der Waals surface area contributed by atoms with Gasteiger partial charge >= 0.3 is 0 Å². The summed E-state index contributed by atoms with van der Waals surface area (Å²) in [5, 5.41) is 4.83. The van der Waals surface area contributed by atoms with Crippen LogP contribution in [0.1, 0.15) is 16.7 Å². The third-order valence-corrected chi connectivity index (χ3v) is 5.56. The minimum Gasteiger partial charge on any atom is -0.497 e. The number of rotatable bonds is 7. The summed E-state index contributed by atoms with van der Waals surface area (Å²) in [7, 11) is 1.60. The molecule has 2 aromatic heterocycles. The molecule has 6 nitrogen and oxygen atoms in total. The molecule has 7 heteroatoms. The zero-order valence-corrected chi connectivity index (χ0v) is 18.6. The lowest BCUT2D eigenvalue weighted by Gasteiger charge is -2.26. The lowest BCUT2D eigenvalue weighted by Crippen LogP contribution is -2.39. The fraction of sp³-hybridized carbons (Fsp3) is 0.160. The minimum atomic E-state index is -0.146. The zero-order chi connectivity index (χ0) is 22.3. The van der Waals surface area contributed by atoms with Crippen molar-refractivity contribution < 1.29 is 4.74 Å². The first-order valence-electron chi connectivity index (χ1n) is 10.3. The van der Waals surface area contributed by atoms with Gasteiger partial charge in [-0.25, -0.2) is 0 Å². The van der Waals surface area contributed by atoms with Crippen LogP contribution in [-0.4, -0.2) is 27.1 Å². The van der Waals surface area contributed by atoms with Crippen LogP contribution in [0.2, 0.25) is 0 Å². The molecular weight excluding hydrogens is 420 g/mol. The molecule has 0 fully saturated rings. The second kappa shape index (κ2) is 10.1. The van der Waals surface area contributed by atoms with E-state index in [9.17, 15) is 4.79 Å². The van der Waals surface area contributed by atoms with Crippen LogP contribution in [0, 0.1) is 0 Å². The van der Waals surface area contributed by atoms with Gasteiger partial charge in [0.15, 0.2) is 5.11 Å². The van der Waals surface area contributed by atoms with Crippen LogP contribution >= 0.6 is 12.2 Å². The molecule has 32 heavy (non-hydrogen) atoms. The number of H-pyrrole nitrogens is 1. The summed E-state index contributed by atoms with van der Waals surface area (Å²) in [6.07, 6.45) is 3.55. The molecule has 4 aromatic rings. The Bertz CT molecular complexity index is 1260. The van der Waals surface area contributed by atoms with Gasteiger partial charge in [0.25, 0.3) is 5.56 Å². The molecule has 0 aliphatic heterocycles. The van der Waals surface area contributed by atoms with Gasteiger partial charge in [-0.3, -0.25) is 9.78 Å². The highest BCUT2D eigenvalue weighted by Crippen LogP contribution is 2.19. The first kappa shape index (κ1) is 21.5. The van der Waals surface area contributed by atoms with E-state index in [4.69, 9.17) is 17.0 Å². The smallest absolute Gasteiger partial charge is 0.253 e. The molecule has 162 valence electrons. The van der Waals surface area contributed by atoms with Crippen molar-refractivity contribution in [3.63, 3.8) is 0 Å². The molecule has 0 aliphatic rings. The number of thiocarbonyl (C=S) groups is 1. The maximum Gasteiger partial charge on any atom is 0.253 e. The van der Waals surface area contributed by atoms with Crippen molar-refractivity contribution in [3.8, 4) is 5.75 Å². The summed E-state index contributed by atoms with van der Waals surface area (Å²) in [4.78, 5) is 22.0. The van der Waals surface area contributed by atoms with Crippen LogP contribution in [0.3, 0.4) is 0 Å². The average molecular weight is 445 g/mol. The summed E-state index contributed by atoms with van der Waals surface area (Å²) in [6.45, 7) is 1.51. The summed E-state index contributed by atoms with van der Waals surface area (Å²) in [6, 6.07) is 21.5. The Labute approximate surface area is 191 Å². The summed E-state index contributed by atoms with van der Waals surface area (Å²) in [5.74, 6) is 0.699. The van der Waals surface area contributed by atoms with E-state index in [-0.39, 0.29) is 5.56 Å². The number of nitrogens with zero attached hydrogens (tertiary/aromatic N) is 2. The Hall–Kier alpha value is -3.71. The van der Waals surface area contributed by atoms with Crippen molar-refractivity contribution in [2.24, 2.45) is 0 Å². The number of hydrogen-bond donors (Lipinski definition) is 2. The molecule has 0 spiro atoms. The van der Waals surface area contributed by atoms with E-state index < -0.39 is 0 Å². The van der Waals surface area contributed by atoms with E-state index in [1.807, 2.05) is 77.8 Å². The fourth-order valence-electron chi connectivity index (χ4n) is 3.47. The van der Waals surface area contributed by atoms with Gasteiger partial charge in [0.1, 0.15) is 5.75 Å². The molecule has 0 aliphatic carbocycles. The SMILES string of the molecule is COc1ccc2cc(CN(Cc3cccnc3)C(=S)NCc3ccccc3)c(=O)[nH]c2c1. The lowest BCUT2D eigenvalue weighted by atomic mass is 10.1.